The van der Waals surface area contributed by atoms with Crippen molar-refractivity contribution in [3.63, 3.8) is 0 Å². The highest BCUT2D eigenvalue weighted by atomic mass is 19.4. The lowest BCUT2D eigenvalue weighted by Crippen LogP contribution is -2.29. The molecule has 2 aromatic rings. The van der Waals surface area contributed by atoms with Gasteiger partial charge >= 0.3 is 6.18 Å². The van der Waals surface area contributed by atoms with Crippen molar-refractivity contribution in [1.82, 2.24) is 19.9 Å². The number of fused-ring (bicyclic) bond motifs is 1. The lowest BCUT2D eigenvalue weighted by molar-refractivity contribution is -0.137. The number of aromatic nitrogens is 3. The second kappa shape index (κ2) is 4.48. The number of hydrogen-bond donors (Lipinski definition) is 1. The maximum atomic E-state index is 12.7. The van der Waals surface area contributed by atoms with Crippen molar-refractivity contribution in [2.24, 2.45) is 0 Å². The van der Waals surface area contributed by atoms with E-state index in [1.165, 1.54) is 10.5 Å². The molecule has 1 fully saturated rings. The molecule has 19 heavy (non-hydrogen) atoms. The van der Waals surface area contributed by atoms with Gasteiger partial charge < -0.3 is 5.32 Å². The van der Waals surface area contributed by atoms with Crippen LogP contribution >= 0.6 is 0 Å². The predicted molar refractivity (Wildman–Crippen MR) is 62.8 cm³/mol. The molecule has 0 aromatic carbocycles. The van der Waals surface area contributed by atoms with Crippen LogP contribution in [0.15, 0.2) is 18.3 Å². The van der Waals surface area contributed by atoms with Gasteiger partial charge in [-0.3, -0.25) is 4.40 Å². The molecule has 4 nitrogen and oxygen atoms in total. The molecule has 0 unspecified atom stereocenters. The molecule has 1 aliphatic heterocycles. The van der Waals surface area contributed by atoms with E-state index in [0.29, 0.717) is 11.5 Å². The van der Waals surface area contributed by atoms with Gasteiger partial charge in [0.1, 0.15) is 5.82 Å². The lowest BCUT2D eigenvalue weighted by atomic mass is 9.99. The Bertz CT molecular complexity index is 584. The summed E-state index contributed by atoms with van der Waals surface area (Å²) >= 11 is 0. The lowest BCUT2D eigenvalue weighted by Gasteiger charge is -2.21. The van der Waals surface area contributed by atoms with E-state index in [0.717, 1.165) is 38.2 Å². The third-order valence-electron chi connectivity index (χ3n) is 3.42. The van der Waals surface area contributed by atoms with Gasteiger partial charge in [0.25, 0.3) is 0 Å². The average molecular weight is 270 g/mol. The monoisotopic (exact) mass is 270 g/mol. The Balaban J connectivity index is 2.05. The van der Waals surface area contributed by atoms with Crippen LogP contribution in [0.4, 0.5) is 13.2 Å². The fourth-order valence-electron chi connectivity index (χ4n) is 2.43. The summed E-state index contributed by atoms with van der Waals surface area (Å²) in [7, 11) is 0. The zero-order valence-corrected chi connectivity index (χ0v) is 10.1. The molecule has 3 heterocycles. The molecule has 3 rings (SSSR count). The van der Waals surface area contributed by atoms with Crippen LogP contribution in [-0.4, -0.2) is 27.7 Å². The van der Waals surface area contributed by atoms with Crippen LogP contribution in [0.1, 0.15) is 30.1 Å². The number of hydrogen-bond acceptors (Lipinski definition) is 3. The summed E-state index contributed by atoms with van der Waals surface area (Å²) in [5.74, 6) is 0.723. The summed E-state index contributed by atoms with van der Waals surface area (Å²) in [5.41, 5.74) is -0.224. The zero-order chi connectivity index (χ0) is 13.5. The van der Waals surface area contributed by atoms with Crippen LogP contribution in [0.25, 0.3) is 5.65 Å². The van der Waals surface area contributed by atoms with E-state index in [4.69, 9.17) is 0 Å². The maximum Gasteiger partial charge on any atom is 0.417 e. The van der Waals surface area contributed by atoms with E-state index in [1.807, 2.05) is 0 Å². The van der Waals surface area contributed by atoms with Gasteiger partial charge in [0.05, 0.1) is 5.56 Å². The summed E-state index contributed by atoms with van der Waals surface area (Å²) in [6.45, 7) is 1.68. The van der Waals surface area contributed by atoms with E-state index in [9.17, 15) is 13.2 Å². The molecule has 0 spiro atoms. The Labute approximate surface area is 107 Å². The Morgan fingerprint density at radius 2 is 2.11 bits per heavy atom. The largest absolute Gasteiger partial charge is 0.417 e. The van der Waals surface area contributed by atoms with E-state index in [-0.39, 0.29) is 5.92 Å². The third-order valence-corrected chi connectivity index (χ3v) is 3.42. The summed E-state index contributed by atoms with van der Waals surface area (Å²) < 4.78 is 39.6. The number of nitrogens with one attached hydrogen (secondary N) is 1. The molecular formula is C12H13F3N4. The molecule has 0 bridgehead atoms. The van der Waals surface area contributed by atoms with Crippen LogP contribution < -0.4 is 5.32 Å². The molecular weight excluding hydrogens is 257 g/mol. The minimum absolute atomic E-state index is 0.118. The van der Waals surface area contributed by atoms with Crippen LogP contribution in [0.3, 0.4) is 0 Å². The smallest absolute Gasteiger partial charge is 0.316 e. The van der Waals surface area contributed by atoms with Gasteiger partial charge in [0.2, 0.25) is 0 Å². The van der Waals surface area contributed by atoms with Crippen LogP contribution in [0.5, 0.6) is 0 Å². The van der Waals surface area contributed by atoms with E-state index in [2.05, 4.69) is 15.5 Å². The van der Waals surface area contributed by atoms with Crippen molar-refractivity contribution in [3.8, 4) is 0 Å². The molecule has 102 valence electrons. The highest BCUT2D eigenvalue weighted by Gasteiger charge is 2.31. The van der Waals surface area contributed by atoms with Crippen molar-refractivity contribution in [3.05, 3.63) is 29.7 Å². The fourth-order valence-corrected chi connectivity index (χ4v) is 2.43. The maximum absolute atomic E-state index is 12.7. The standard InChI is InChI=1S/C12H13F3N4/c13-12(14,15)9-3-4-10-17-18-11(19(10)7-9)8-2-1-5-16-6-8/h3-4,7-8,16H,1-2,5-6H2/t8-/m0/s1. The molecule has 0 amide bonds. The van der Waals surface area contributed by atoms with E-state index in [1.54, 1.807) is 0 Å². The predicted octanol–water partition coefficient (Wildman–Crippen LogP) is 2.22. The van der Waals surface area contributed by atoms with Gasteiger partial charge in [-0.15, -0.1) is 10.2 Å². The van der Waals surface area contributed by atoms with Crippen molar-refractivity contribution in [2.75, 3.05) is 13.1 Å². The van der Waals surface area contributed by atoms with Crippen LogP contribution in [0, 0.1) is 0 Å². The van der Waals surface area contributed by atoms with Crippen molar-refractivity contribution in [2.45, 2.75) is 24.9 Å². The zero-order valence-electron chi connectivity index (χ0n) is 10.1. The highest BCUT2D eigenvalue weighted by molar-refractivity contribution is 5.40. The van der Waals surface area contributed by atoms with E-state index >= 15 is 0 Å². The summed E-state index contributed by atoms with van der Waals surface area (Å²) in [6.07, 6.45) is -1.34. The first-order valence-corrected chi connectivity index (χ1v) is 6.18. The molecule has 0 saturated carbocycles. The van der Waals surface area contributed by atoms with Crippen molar-refractivity contribution in [1.29, 1.82) is 0 Å². The highest BCUT2D eigenvalue weighted by Crippen LogP contribution is 2.30. The second-order valence-corrected chi connectivity index (χ2v) is 4.75. The first-order valence-electron chi connectivity index (χ1n) is 6.18. The number of rotatable bonds is 1. The van der Waals surface area contributed by atoms with E-state index < -0.39 is 11.7 Å². The quantitative estimate of drug-likeness (QED) is 0.864. The van der Waals surface area contributed by atoms with Gasteiger partial charge in [0.15, 0.2) is 5.65 Å². The minimum atomic E-state index is -4.35. The third kappa shape index (κ3) is 2.30. The molecule has 1 atom stereocenters. The molecule has 0 radical (unpaired) electrons. The average Bonchev–Trinajstić information content (AvgIpc) is 2.81. The first-order chi connectivity index (χ1) is 9.05. The summed E-state index contributed by atoms with van der Waals surface area (Å²) in [4.78, 5) is 0. The van der Waals surface area contributed by atoms with Gasteiger partial charge in [-0.1, -0.05) is 0 Å². The van der Waals surface area contributed by atoms with Crippen molar-refractivity contribution < 1.29 is 13.2 Å². The normalized spacial score (nSPS) is 20.9. The molecule has 1 N–H and O–H groups in total. The molecule has 1 saturated heterocycles. The number of pyridine rings is 1. The Kier molecular flexibility index (Phi) is 2.93. The van der Waals surface area contributed by atoms with Gasteiger partial charge in [0, 0.05) is 18.7 Å². The number of alkyl halides is 3. The van der Waals surface area contributed by atoms with Gasteiger partial charge in [-0.2, -0.15) is 13.2 Å². The van der Waals surface area contributed by atoms with Gasteiger partial charge in [-0.05, 0) is 31.5 Å². The number of halogens is 3. The second-order valence-electron chi connectivity index (χ2n) is 4.75. The molecule has 7 heteroatoms. The Morgan fingerprint density at radius 1 is 1.26 bits per heavy atom. The SMILES string of the molecule is FC(F)(F)c1ccc2nnc([C@H]3CCCNC3)n2c1. The fraction of sp³-hybridized carbons (Fsp3) is 0.500. The summed E-state index contributed by atoms with van der Waals surface area (Å²) in [6, 6.07) is 2.39. The minimum Gasteiger partial charge on any atom is -0.316 e. The van der Waals surface area contributed by atoms with Crippen LogP contribution in [0.2, 0.25) is 0 Å². The van der Waals surface area contributed by atoms with Crippen molar-refractivity contribution >= 4 is 5.65 Å². The van der Waals surface area contributed by atoms with Gasteiger partial charge in [-0.25, -0.2) is 0 Å². The number of piperidine rings is 1. The van der Waals surface area contributed by atoms with Crippen LogP contribution in [-0.2, 0) is 6.18 Å². The Hall–Kier alpha value is -1.63. The molecule has 1 aliphatic rings. The topological polar surface area (TPSA) is 42.2 Å². The first kappa shape index (κ1) is 12.4. The molecule has 2 aromatic heterocycles. The summed E-state index contributed by atoms with van der Waals surface area (Å²) in [5, 5.41) is 11.2. The number of nitrogens with zero attached hydrogens (tertiary/aromatic N) is 3. The Morgan fingerprint density at radius 3 is 2.79 bits per heavy atom. The molecule has 0 aliphatic carbocycles.